The maximum atomic E-state index is 13.0. The van der Waals surface area contributed by atoms with Crippen LogP contribution in [0.2, 0.25) is 0 Å². The summed E-state index contributed by atoms with van der Waals surface area (Å²) in [6, 6.07) is 15.3. The zero-order valence-corrected chi connectivity index (χ0v) is 16.4. The van der Waals surface area contributed by atoms with E-state index in [4.69, 9.17) is 4.74 Å². The highest BCUT2D eigenvalue weighted by atomic mass is 16.5. The third-order valence-corrected chi connectivity index (χ3v) is 6.31. The average molecular weight is 364 g/mol. The van der Waals surface area contributed by atoms with E-state index in [1.165, 1.54) is 24.0 Å². The van der Waals surface area contributed by atoms with Crippen LogP contribution in [0, 0.1) is 6.92 Å². The van der Waals surface area contributed by atoms with Crippen molar-refractivity contribution in [1.82, 2.24) is 9.80 Å². The number of carbonyl (C=O) groups excluding carboxylic acids is 1. The molecule has 0 spiro atoms. The number of likely N-dealkylation sites (tertiary alicyclic amines) is 1. The Morgan fingerprint density at radius 2 is 1.78 bits per heavy atom. The lowest BCUT2D eigenvalue weighted by atomic mass is 9.99. The predicted molar refractivity (Wildman–Crippen MR) is 108 cm³/mol. The summed E-state index contributed by atoms with van der Waals surface area (Å²) in [5.41, 5.74) is 4.25. The second-order valence-corrected chi connectivity index (χ2v) is 7.85. The molecule has 0 radical (unpaired) electrons. The highest BCUT2D eigenvalue weighted by molar-refractivity contribution is 5.94. The van der Waals surface area contributed by atoms with Crippen molar-refractivity contribution in [3.8, 4) is 16.9 Å². The molecule has 4 nitrogen and oxygen atoms in total. The van der Waals surface area contributed by atoms with Gasteiger partial charge in [0.1, 0.15) is 5.75 Å². The second kappa shape index (κ2) is 7.35. The molecule has 2 aliphatic rings. The van der Waals surface area contributed by atoms with Crippen molar-refractivity contribution < 1.29 is 9.53 Å². The van der Waals surface area contributed by atoms with E-state index in [-0.39, 0.29) is 5.91 Å². The minimum atomic E-state index is 0.161. The van der Waals surface area contributed by atoms with Gasteiger partial charge in [0.15, 0.2) is 0 Å². The molecule has 2 aromatic carbocycles. The van der Waals surface area contributed by atoms with Crippen molar-refractivity contribution in [3.05, 3.63) is 53.6 Å². The number of aryl methyl sites for hydroxylation is 1. The molecule has 1 amide bonds. The van der Waals surface area contributed by atoms with Crippen molar-refractivity contribution in [2.75, 3.05) is 27.2 Å². The Bertz CT molecular complexity index is 831. The van der Waals surface area contributed by atoms with Crippen molar-refractivity contribution in [3.63, 3.8) is 0 Å². The van der Waals surface area contributed by atoms with E-state index in [1.54, 1.807) is 7.11 Å². The molecule has 2 aliphatic heterocycles. The third kappa shape index (κ3) is 3.46. The lowest BCUT2D eigenvalue weighted by Crippen LogP contribution is -2.39. The fourth-order valence-corrected chi connectivity index (χ4v) is 4.56. The molecule has 2 bridgehead atoms. The molecule has 27 heavy (non-hydrogen) atoms. The van der Waals surface area contributed by atoms with Crippen LogP contribution < -0.4 is 4.74 Å². The molecular formula is C23H28N2O2. The number of rotatable bonds is 3. The first-order chi connectivity index (χ1) is 13.1. The first-order valence-electron chi connectivity index (χ1n) is 9.83. The van der Waals surface area contributed by atoms with Crippen molar-refractivity contribution in [2.45, 2.75) is 38.3 Å². The van der Waals surface area contributed by atoms with Crippen LogP contribution in [0.3, 0.4) is 0 Å². The Morgan fingerprint density at radius 1 is 1.04 bits per heavy atom. The van der Waals surface area contributed by atoms with Crippen LogP contribution in [-0.4, -0.2) is 55.0 Å². The summed E-state index contributed by atoms with van der Waals surface area (Å²) >= 11 is 0. The normalized spacial score (nSPS) is 22.6. The van der Waals surface area contributed by atoms with Gasteiger partial charge in [-0.05, 0) is 74.2 Å². The Hall–Kier alpha value is -2.33. The molecule has 2 atom stereocenters. The van der Waals surface area contributed by atoms with Crippen LogP contribution in [0.1, 0.15) is 35.2 Å². The maximum Gasteiger partial charge on any atom is 0.253 e. The SMILES string of the molecule is COc1ccc(-c2ccc(C(=O)N3CC[C@@H]4CC[C@H](C3)N4C)cc2)c(C)c1. The first kappa shape index (κ1) is 18.1. The highest BCUT2D eigenvalue weighted by Gasteiger charge is 2.36. The number of ether oxygens (including phenoxy) is 1. The lowest BCUT2D eigenvalue weighted by Gasteiger charge is -2.26. The summed E-state index contributed by atoms with van der Waals surface area (Å²) in [6.45, 7) is 3.80. The molecular weight excluding hydrogens is 336 g/mol. The van der Waals surface area contributed by atoms with Crippen LogP contribution >= 0.6 is 0 Å². The summed E-state index contributed by atoms with van der Waals surface area (Å²) in [5, 5.41) is 0. The minimum absolute atomic E-state index is 0.161. The summed E-state index contributed by atoms with van der Waals surface area (Å²) in [4.78, 5) is 17.5. The molecule has 0 unspecified atom stereocenters. The van der Waals surface area contributed by atoms with E-state index < -0.39 is 0 Å². The number of carbonyl (C=O) groups is 1. The van der Waals surface area contributed by atoms with Gasteiger partial charge in [-0.25, -0.2) is 0 Å². The molecule has 2 fully saturated rings. The summed E-state index contributed by atoms with van der Waals surface area (Å²) in [6.07, 6.45) is 3.57. The van der Waals surface area contributed by atoms with E-state index in [9.17, 15) is 4.79 Å². The van der Waals surface area contributed by atoms with Crippen LogP contribution in [0.4, 0.5) is 0 Å². The molecule has 2 saturated heterocycles. The predicted octanol–water partition coefficient (Wildman–Crippen LogP) is 3.98. The molecule has 0 aliphatic carbocycles. The number of likely N-dealkylation sites (N-methyl/N-ethyl adjacent to an activating group) is 1. The van der Waals surface area contributed by atoms with E-state index in [1.807, 2.05) is 29.2 Å². The average Bonchev–Trinajstić information content (AvgIpc) is 2.93. The van der Waals surface area contributed by atoms with Gasteiger partial charge in [0, 0.05) is 30.7 Å². The number of hydrogen-bond acceptors (Lipinski definition) is 3. The topological polar surface area (TPSA) is 32.8 Å². The van der Waals surface area contributed by atoms with E-state index >= 15 is 0 Å². The van der Waals surface area contributed by atoms with Gasteiger partial charge >= 0.3 is 0 Å². The lowest BCUT2D eigenvalue weighted by molar-refractivity contribution is 0.0740. The molecule has 0 N–H and O–H groups in total. The van der Waals surface area contributed by atoms with E-state index in [0.29, 0.717) is 12.1 Å². The maximum absolute atomic E-state index is 13.0. The van der Waals surface area contributed by atoms with Gasteiger partial charge in [0.2, 0.25) is 0 Å². The quantitative estimate of drug-likeness (QED) is 0.826. The Kier molecular flexibility index (Phi) is 4.92. The van der Waals surface area contributed by atoms with Crippen LogP contribution in [0.5, 0.6) is 5.75 Å². The number of hydrogen-bond donors (Lipinski definition) is 0. The largest absolute Gasteiger partial charge is 0.497 e. The Balaban J connectivity index is 1.51. The number of fused-ring (bicyclic) bond motifs is 2. The number of amides is 1. The zero-order chi connectivity index (χ0) is 19.0. The first-order valence-corrected chi connectivity index (χ1v) is 9.83. The van der Waals surface area contributed by atoms with Gasteiger partial charge in [-0.2, -0.15) is 0 Å². The standard InChI is InChI=1S/C23H28N2O2/c1-16-14-21(27-3)10-11-22(16)17-4-6-18(7-5-17)23(26)25-13-12-19-8-9-20(15-25)24(19)2/h4-7,10-11,14,19-20H,8-9,12-13,15H2,1-3H3/t19-,20+/m0/s1. The summed E-state index contributed by atoms with van der Waals surface area (Å²) in [7, 11) is 3.89. The molecule has 0 aromatic heterocycles. The Morgan fingerprint density at radius 3 is 2.48 bits per heavy atom. The van der Waals surface area contributed by atoms with Gasteiger partial charge < -0.3 is 9.64 Å². The smallest absolute Gasteiger partial charge is 0.253 e. The molecule has 0 saturated carbocycles. The fraction of sp³-hybridized carbons (Fsp3) is 0.435. The fourth-order valence-electron chi connectivity index (χ4n) is 4.56. The van der Waals surface area contributed by atoms with Gasteiger partial charge in [-0.3, -0.25) is 9.69 Å². The number of benzene rings is 2. The van der Waals surface area contributed by atoms with E-state index in [2.05, 4.69) is 37.1 Å². The van der Waals surface area contributed by atoms with Crippen LogP contribution in [0.25, 0.3) is 11.1 Å². The number of methoxy groups -OCH3 is 1. The molecule has 2 heterocycles. The molecule has 142 valence electrons. The Labute approximate surface area is 161 Å². The van der Waals surface area contributed by atoms with Gasteiger partial charge in [0.25, 0.3) is 5.91 Å². The van der Waals surface area contributed by atoms with E-state index in [0.717, 1.165) is 36.4 Å². The summed E-state index contributed by atoms with van der Waals surface area (Å²) < 4.78 is 5.29. The molecule has 2 aromatic rings. The van der Waals surface area contributed by atoms with Crippen LogP contribution in [0.15, 0.2) is 42.5 Å². The summed E-state index contributed by atoms with van der Waals surface area (Å²) in [5.74, 6) is 1.03. The highest BCUT2D eigenvalue weighted by Crippen LogP contribution is 2.30. The van der Waals surface area contributed by atoms with Crippen molar-refractivity contribution in [1.29, 1.82) is 0 Å². The van der Waals surface area contributed by atoms with Crippen molar-refractivity contribution in [2.24, 2.45) is 0 Å². The van der Waals surface area contributed by atoms with Crippen LogP contribution in [-0.2, 0) is 0 Å². The number of nitrogens with zero attached hydrogens (tertiary/aromatic N) is 2. The third-order valence-electron chi connectivity index (χ3n) is 6.31. The van der Waals surface area contributed by atoms with Crippen molar-refractivity contribution >= 4 is 5.91 Å². The second-order valence-electron chi connectivity index (χ2n) is 7.85. The zero-order valence-electron chi connectivity index (χ0n) is 16.4. The van der Waals surface area contributed by atoms with Gasteiger partial charge in [0.05, 0.1) is 7.11 Å². The van der Waals surface area contributed by atoms with Gasteiger partial charge in [-0.15, -0.1) is 0 Å². The molecule has 4 rings (SSSR count). The molecule has 4 heteroatoms. The minimum Gasteiger partial charge on any atom is -0.497 e. The monoisotopic (exact) mass is 364 g/mol. The van der Waals surface area contributed by atoms with Gasteiger partial charge in [-0.1, -0.05) is 18.2 Å².